The number of rotatable bonds is 3. The van der Waals surface area contributed by atoms with Gasteiger partial charge < -0.3 is 19.3 Å². The summed E-state index contributed by atoms with van der Waals surface area (Å²) in [6.07, 6.45) is 5.56. The van der Waals surface area contributed by atoms with Gasteiger partial charge in [-0.25, -0.2) is 9.59 Å². The predicted octanol–water partition coefficient (Wildman–Crippen LogP) is 2.14. The van der Waals surface area contributed by atoms with Gasteiger partial charge in [0.25, 0.3) is 6.29 Å². The van der Waals surface area contributed by atoms with Crippen LogP contribution < -0.4 is 0 Å². The number of aliphatic hydroxyl groups excluding tert-OH is 1. The average molecular weight is 346 g/mol. The van der Waals surface area contributed by atoms with Crippen molar-refractivity contribution in [2.24, 2.45) is 11.3 Å². The fourth-order valence-electron chi connectivity index (χ4n) is 4.48. The summed E-state index contributed by atoms with van der Waals surface area (Å²) < 4.78 is 16.2. The Kier molecular flexibility index (Phi) is 3.76. The van der Waals surface area contributed by atoms with Crippen LogP contribution >= 0.6 is 0 Å². The Bertz CT molecular complexity index is 730. The summed E-state index contributed by atoms with van der Waals surface area (Å²) in [5.41, 5.74) is 3.07. The lowest BCUT2D eigenvalue weighted by Crippen LogP contribution is -2.33. The number of hydrogen-bond donors (Lipinski definition) is 1. The molecule has 134 valence electrons. The van der Waals surface area contributed by atoms with Gasteiger partial charge in [-0.05, 0) is 38.2 Å². The first-order chi connectivity index (χ1) is 11.9. The zero-order chi connectivity index (χ0) is 17.8. The van der Waals surface area contributed by atoms with Gasteiger partial charge in [-0.2, -0.15) is 0 Å². The highest BCUT2D eigenvalue weighted by molar-refractivity contribution is 5.92. The topological polar surface area (TPSA) is 82.1 Å². The van der Waals surface area contributed by atoms with Crippen molar-refractivity contribution in [1.29, 1.82) is 0 Å². The predicted molar refractivity (Wildman–Crippen MR) is 86.9 cm³/mol. The molecule has 0 aromatic carbocycles. The first kappa shape index (κ1) is 16.4. The SMILES string of the molecule is CC1=C[C@H](O/C=C2/C(=O)O[C@H]3C4=C(CCC[C@]4(C)CO)C[C@@H]23)OC1=O. The van der Waals surface area contributed by atoms with Gasteiger partial charge in [0, 0.05) is 23.0 Å². The maximum Gasteiger partial charge on any atom is 0.338 e. The minimum Gasteiger partial charge on any atom is -0.458 e. The minimum absolute atomic E-state index is 0.0598. The zero-order valence-electron chi connectivity index (χ0n) is 14.4. The number of esters is 2. The van der Waals surface area contributed by atoms with Crippen LogP contribution in [-0.2, 0) is 23.8 Å². The molecule has 0 bridgehead atoms. The summed E-state index contributed by atoms with van der Waals surface area (Å²) in [7, 11) is 0. The Morgan fingerprint density at radius 2 is 2.16 bits per heavy atom. The number of allylic oxidation sites excluding steroid dienone is 1. The molecule has 0 spiro atoms. The summed E-state index contributed by atoms with van der Waals surface area (Å²) in [5, 5.41) is 9.88. The lowest BCUT2D eigenvalue weighted by molar-refractivity contribution is -0.152. The van der Waals surface area contributed by atoms with Crippen molar-refractivity contribution in [1.82, 2.24) is 0 Å². The van der Waals surface area contributed by atoms with E-state index in [4.69, 9.17) is 14.2 Å². The molecule has 0 amide bonds. The van der Waals surface area contributed by atoms with Gasteiger partial charge in [0.05, 0.1) is 18.4 Å². The summed E-state index contributed by atoms with van der Waals surface area (Å²) in [4.78, 5) is 23.7. The van der Waals surface area contributed by atoms with Crippen molar-refractivity contribution in [3.8, 4) is 0 Å². The van der Waals surface area contributed by atoms with Crippen LogP contribution in [0.15, 0.2) is 34.6 Å². The fraction of sp³-hybridized carbons (Fsp3) is 0.579. The van der Waals surface area contributed by atoms with E-state index in [-0.39, 0.29) is 24.0 Å². The molecule has 2 aliphatic heterocycles. The molecule has 0 radical (unpaired) electrons. The molecule has 1 saturated heterocycles. The van der Waals surface area contributed by atoms with Crippen LogP contribution in [0.25, 0.3) is 0 Å². The summed E-state index contributed by atoms with van der Waals surface area (Å²) in [6.45, 7) is 3.76. The molecule has 4 rings (SSSR count). The van der Waals surface area contributed by atoms with Crippen molar-refractivity contribution in [3.05, 3.63) is 34.6 Å². The highest BCUT2D eigenvalue weighted by Gasteiger charge is 2.53. The number of fused-ring (bicyclic) bond motifs is 2. The number of ether oxygens (including phenoxy) is 3. The smallest absolute Gasteiger partial charge is 0.338 e. The Morgan fingerprint density at radius 3 is 2.84 bits per heavy atom. The van der Waals surface area contributed by atoms with Crippen molar-refractivity contribution >= 4 is 11.9 Å². The van der Waals surface area contributed by atoms with E-state index in [0.29, 0.717) is 11.1 Å². The van der Waals surface area contributed by atoms with E-state index in [9.17, 15) is 14.7 Å². The molecule has 2 aliphatic carbocycles. The van der Waals surface area contributed by atoms with Crippen molar-refractivity contribution in [2.75, 3.05) is 6.61 Å². The highest BCUT2D eigenvalue weighted by atomic mass is 16.7. The molecule has 1 N–H and O–H groups in total. The zero-order valence-corrected chi connectivity index (χ0v) is 14.4. The molecule has 6 heteroatoms. The van der Waals surface area contributed by atoms with Crippen LogP contribution in [0.5, 0.6) is 0 Å². The molecule has 1 fully saturated rings. The van der Waals surface area contributed by atoms with Crippen LogP contribution in [0, 0.1) is 11.3 Å². The second-order valence-electron chi connectivity index (χ2n) is 7.56. The number of cyclic esters (lactones) is 1. The van der Waals surface area contributed by atoms with Crippen molar-refractivity contribution in [3.63, 3.8) is 0 Å². The van der Waals surface area contributed by atoms with Gasteiger partial charge in [-0.1, -0.05) is 12.5 Å². The minimum atomic E-state index is -0.793. The van der Waals surface area contributed by atoms with Crippen LogP contribution in [0.1, 0.15) is 39.5 Å². The van der Waals surface area contributed by atoms with E-state index in [1.165, 1.54) is 11.8 Å². The molecule has 25 heavy (non-hydrogen) atoms. The van der Waals surface area contributed by atoms with Crippen LogP contribution in [0.3, 0.4) is 0 Å². The Morgan fingerprint density at radius 1 is 1.36 bits per heavy atom. The third kappa shape index (κ3) is 2.51. The van der Waals surface area contributed by atoms with Gasteiger partial charge in [0.15, 0.2) is 0 Å². The van der Waals surface area contributed by atoms with Gasteiger partial charge in [0.2, 0.25) is 0 Å². The molecular weight excluding hydrogens is 324 g/mol. The normalized spacial score (nSPS) is 38.4. The number of carbonyl (C=O) groups is 2. The van der Waals surface area contributed by atoms with E-state index in [2.05, 4.69) is 0 Å². The molecule has 6 nitrogen and oxygen atoms in total. The van der Waals surface area contributed by atoms with E-state index in [1.807, 2.05) is 6.92 Å². The lowest BCUT2D eigenvalue weighted by atomic mass is 9.71. The molecule has 0 aromatic rings. The molecule has 4 atom stereocenters. The highest BCUT2D eigenvalue weighted by Crippen LogP contribution is 2.54. The fourth-order valence-corrected chi connectivity index (χ4v) is 4.48. The lowest BCUT2D eigenvalue weighted by Gasteiger charge is -2.36. The number of aliphatic hydroxyl groups is 1. The third-order valence-electron chi connectivity index (χ3n) is 5.83. The Labute approximate surface area is 146 Å². The first-order valence-electron chi connectivity index (χ1n) is 8.72. The molecule has 0 unspecified atom stereocenters. The summed E-state index contributed by atoms with van der Waals surface area (Å²) in [6, 6.07) is 0. The van der Waals surface area contributed by atoms with Gasteiger partial charge >= 0.3 is 11.9 Å². The Hall–Kier alpha value is -2.08. The second-order valence-corrected chi connectivity index (χ2v) is 7.56. The van der Waals surface area contributed by atoms with E-state index >= 15 is 0 Å². The number of carbonyl (C=O) groups excluding carboxylic acids is 2. The van der Waals surface area contributed by atoms with Gasteiger partial charge in [-0.15, -0.1) is 0 Å². The van der Waals surface area contributed by atoms with Crippen molar-refractivity contribution < 1.29 is 28.9 Å². The molecule has 2 heterocycles. The maximum atomic E-state index is 12.3. The monoisotopic (exact) mass is 346 g/mol. The van der Waals surface area contributed by atoms with Gasteiger partial charge in [-0.3, -0.25) is 0 Å². The maximum absolute atomic E-state index is 12.3. The molecule has 0 aromatic heterocycles. The standard InChI is InChI=1S/C19H22O6/c1-10-6-14(24-17(10)21)23-8-13-12-7-11-4-3-5-19(2,9-20)15(11)16(12)25-18(13)22/h6,8,12,14,16,20H,3-5,7,9H2,1-2H3/b13-8+/t12-,14+,16+,19+/m0/s1. The largest absolute Gasteiger partial charge is 0.458 e. The quantitative estimate of drug-likeness (QED) is 0.365. The summed E-state index contributed by atoms with van der Waals surface area (Å²) in [5.74, 6) is -0.881. The summed E-state index contributed by atoms with van der Waals surface area (Å²) >= 11 is 0. The van der Waals surface area contributed by atoms with Crippen molar-refractivity contribution in [2.45, 2.75) is 51.9 Å². The molecule has 4 aliphatic rings. The van der Waals surface area contributed by atoms with Crippen LogP contribution in [0.4, 0.5) is 0 Å². The number of hydrogen-bond acceptors (Lipinski definition) is 6. The molecule has 0 saturated carbocycles. The van der Waals surface area contributed by atoms with E-state index in [0.717, 1.165) is 31.3 Å². The second kappa shape index (κ2) is 5.73. The van der Waals surface area contributed by atoms with Crippen LogP contribution in [0.2, 0.25) is 0 Å². The van der Waals surface area contributed by atoms with Crippen LogP contribution in [-0.4, -0.2) is 36.0 Å². The third-order valence-corrected chi connectivity index (χ3v) is 5.83. The Balaban J connectivity index is 1.56. The van der Waals surface area contributed by atoms with Gasteiger partial charge in [0.1, 0.15) is 6.10 Å². The average Bonchev–Trinajstić information content (AvgIpc) is 3.18. The van der Waals surface area contributed by atoms with E-state index < -0.39 is 18.2 Å². The van der Waals surface area contributed by atoms with E-state index in [1.54, 1.807) is 13.0 Å². The first-order valence-corrected chi connectivity index (χ1v) is 8.72. The molecular formula is C19H22O6.